The Balaban J connectivity index is 1.62. The fraction of sp³-hybridized carbons (Fsp3) is 0.667. The number of methoxy groups -OCH3 is 1. The van der Waals surface area contributed by atoms with Crippen LogP contribution in [0.25, 0.3) is 0 Å². The highest BCUT2D eigenvalue weighted by Gasteiger charge is 2.66. The minimum Gasteiger partial charge on any atom is -0.497 e. The Kier molecular flexibility index (Phi) is 10.0. The van der Waals surface area contributed by atoms with Crippen molar-refractivity contribution >= 4 is 8.07 Å². The molecule has 2 aliphatic rings. The fourth-order valence-electron chi connectivity index (χ4n) is 5.79. The maximum atomic E-state index is 10.2. The standard InChI is InChI=1S/C30H48O5Si/c1-8-30(35-22-34-17-18-36(5,6)7)15-13-26-28(29(26,2)3)27(30)19-24(20-31)14-16-33-21-23-9-11-25(32-4)12-10-23/h8-12,19,26-28,31H,1,13-18,20-22H2,2-7H3/t26-,27+,28-,30-/m1/s1. The molecule has 2 saturated carbocycles. The first-order valence-corrected chi connectivity index (χ1v) is 17.1. The molecule has 3 rings (SSSR count). The van der Waals surface area contributed by atoms with Crippen LogP contribution in [0.5, 0.6) is 5.75 Å². The Morgan fingerprint density at radius 1 is 1.14 bits per heavy atom. The van der Waals surface area contributed by atoms with Crippen LogP contribution in [0.1, 0.15) is 38.7 Å². The van der Waals surface area contributed by atoms with Crippen molar-refractivity contribution in [1.82, 2.24) is 0 Å². The van der Waals surface area contributed by atoms with Gasteiger partial charge in [0, 0.05) is 20.6 Å². The van der Waals surface area contributed by atoms with Gasteiger partial charge >= 0.3 is 0 Å². The van der Waals surface area contributed by atoms with E-state index in [1.54, 1.807) is 7.11 Å². The van der Waals surface area contributed by atoms with E-state index in [0.29, 0.717) is 31.5 Å². The summed E-state index contributed by atoms with van der Waals surface area (Å²) in [7, 11) is 0.531. The third kappa shape index (κ3) is 7.32. The average molecular weight is 517 g/mol. The first kappa shape index (κ1) is 29.1. The van der Waals surface area contributed by atoms with Crippen molar-refractivity contribution in [3.8, 4) is 5.75 Å². The molecule has 6 heteroatoms. The van der Waals surface area contributed by atoms with Gasteiger partial charge in [-0.25, -0.2) is 0 Å². The number of benzene rings is 1. The Labute approximate surface area is 219 Å². The average Bonchev–Trinajstić information content (AvgIpc) is 3.41. The summed E-state index contributed by atoms with van der Waals surface area (Å²) in [5.41, 5.74) is 1.93. The molecular weight excluding hydrogens is 468 g/mol. The van der Waals surface area contributed by atoms with Gasteiger partial charge in [-0.1, -0.05) is 57.8 Å². The van der Waals surface area contributed by atoms with Crippen LogP contribution in [-0.4, -0.2) is 52.5 Å². The first-order valence-electron chi connectivity index (χ1n) is 13.4. The number of aliphatic hydroxyl groups is 1. The topological polar surface area (TPSA) is 57.2 Å². The van der Waals surface area contributed by atoms with Crippen LogP contribution in [0.4, 0.5) is 0 Å². The molecule has 0 unspecified atom stereocenters. The summed E-state index contributed by atoms with van der Waals surface area (Å²) < 4.78 is 23.6. The van der Waals surface area contributed by atoms with Crippen molar-refractivity contribution in [3.05, 3.63) is 54.1 Å². The zero-order valence-electron chi connectivity index (χ0n) is 23.3. The van der Waals surface area contributed by atoms with Crippen LogP contribution >= 0.6 is 0 Å². The van der Waals surface area contributed by atoms with Gasteiger partial charge in [0.2, 0.25) is 0 Å². The summed E-state index contributed by atoms with van der Waals surface area (Å²) in [5.74, 6) is 2.22. The third-order valence-corrected chi connectivity index (χ3v) is 10.0. The number of ether oxygens (including phenoxy) is 4. The van der Waals surface area contributed by atoms with Crippen molar-refractivity contribution < 1.29 is 24.1 Å². The SMILES string of the molecule is C=C[C@@]1(OCOCC[Si](C)(C)C)CC[C@@H]2[C@H]([C@@H]1C=C(CO)CCOCc1ccc(OC)cc1)C2(C)C. The van der Waals surface area contributed by atoms with E-state index in [4.69, 9.17) is 18.9 Å². The zero-order chi connectivity index (χ0) is 26.4. The molecule has 202 valence electrons. The van der Waals surface area contributed by atoms with Crippen LogP contribution in [-0.2, 0) is 20.8 Å². The largest absolute Gasteiger partial charge is 0.497 e. The molecule has 1 aromatic carbocycles. The number of fused-ring (bicyclic) bond motifs is 1. The highest BCUT2D eigenvalue weighted by atomic mass is 28.3. The summed E-state index contributed by atoms with van der Waals surface area (Å²) in [4.78, 5) is 0. The fourth-order valence-corrected chi connectivity index (χ4v) is 6.54. The Bertz CT molecular complexity index is 872. The predicted molar refractivity (Wildman–Crippen MR) is 149 cm³/mol. The molecule has 4 atom stereocenters. The Hall–Kier alpha value is -1.44. The van der Waals surface area contributed by atoms with E-state index in [1.165, 1.54) is 0 Å². The van der Waals surface area contributed by atoms with Gasteiger partial charge in [0.05, 0.1) is 32.5 Å². The van der Waals surface area contributed by atoms with Gasteiger partial charge in [-0.15, -0.1) is 6.58 Å². The van der Waals surface area contributed by atoms with Gasteiger partial charge < -0.3 is 24.1 Å². The molecule has 0 radical (unpaired) electrons. The van der Waals surface area contributed by atoms with E-state index in [9.17, 15) is 5.11 Å². The van der Waals surface area contributed by atoms with Gasteiger partial charge in [0.15, 0.2) is 0 Å². The minimum absolute atomic E-state index is 0.0279. The molecule has 0 amide bonds. The van der Waals surface area contributed by atoms with E-state index in [1.807, 2.05) is 30.3 Å². The number of rotatable bonds is 15. The van der Waals surface area contributed by atoms with Crippen molar-refractivity contribution in [2.24, 2.45) is 23.2 Å². The Morgan fingerprint density at radius 3 is 2.47 bits per heavy atom. The first-order chi connectivity index (χ1) is 17.1. The van der Waals surface area contributed by atoms with Crippen LogP contribution in [0.15, 0.2) is 48.6 Å². The molecule has 0 spiro atoms. The lowest BCUT2D eigenvalue weighted by Crippen LogP contribution is -2.43. The van der Waals surface area contributed by atoms with E-state index in [2.05, 4.69) is 46.1 Å². The van der Waals surface area contributed by atoms with Gasteiger partial charge in [0.25, 0.3) is 0 Å². The second-order valence-corrected chi connectivity index (χ2v) is 17.9. The van der Waals surface area contributed by atoms with E-state index in [0.717, 1.165) is 42.4 Å². The molecule has 1 aromatic rings. The normalized spacial score (nSPS) is 27.4. The second kappa shape index (κ2) is 12.4. The van der Waals surface area contributed by atoms with Crippen LogP contribution in [0.2, 0.25) is 25.7 Å². The van der Waals surface area contributed by atoms with E-state index < -0.39 is 13.7 Å². The molecule has 0 heterocycles. The molecule has 5 nitrogen and oxygen atoms in total. The van der Waals surface area contributed by atoms with Crippen molar-refractivity contribution in [3.63, 3.8) is 0 Å². The molecule has 0 saturated heterocycles. The van der Waals surface area contributed by atoms with Gasteiger partial charge in [-0.05, 0) is 65.8 Å². The number of aliphatic hydroxyl groups excluding tert-OH is 1. The second-order valence-electron chi connectivity index (χ2n) is 12.3. The smallest absolute Gasteiger partial charge is 0.147 e. The summed E-state index contributed by atoms with van der Waals surface area (Å²) in [6.07, 6.45) is 7.04. The van der Waals surface area contributed by atoms with Crippen molar-refractivity contribution in [2.45, 2.75) is 71.0 Å². The molecule has 0 aromatic heterocycles. The highest BCUT2D eigenvalue weighted by molar-refractivity contribution is 6.76. The quantitative estimate of drug-likeness (QED) is 0.126. The van der Waals surface area contributed by atoms with Crippen molar-refractivity contribution in [1.29, 1.82) is 0 Å². The van der Waals surface area contributed by atoms with E-state index in [-0.39, 0.29) is 24.7 Å². The lowest BCUT2D eigenvalue weighted by Gasteiger charge is -2.41. The number of hydrogen-bond donors (Lipinski definition) is 1. The lowest BCUT2D eigenvalue weighted by molar-refractivity contribution is -0.147. The monoisotopic (exact) mass is 516 g/mol. The summed E-state index contributed by atoms with van der Waals surface area (Å²) in [6.45, 7) is 18.2. The third-order valence-electron chi connectivity index (χ3n) is 8.30. The van der Waals surface area contributed by atoms with Crippen LogP contribution in [0.3, 0.4) is 0 Å². The van der Waals surface area contributed by atoms with E-state index >= 15 is 0 Å². The lowest BCUT2D eigenvalue weighted by atomic mass is 9.73. The Morgan fingerprint density at radius 2 is 1.86 bits per heavy atom. The zero-order valence-corrected chi connectivity index (χ0v) is 24.3. The van der Waals surface area contributed by atoms with Gasteiger partial charge in [-0.3, -0.25) is 0 Å². The van der Waals surface area contributed by atoms with Gasteiger partial charge in [0.1, 0.15) is 12.5 Å². The minimum atomic E-state index is -1.14. The van der Waals surface area contributed by atoms with Crippen LogP contribution in [0, 0.1) is 23.2 Å². The van der Waals surface area contributed by atoms with Crippen LogP contribution < -0.4 is 4.74 Å². The summed E-state index contributed by atoms with van der Waals surface area (Å²) >= 11 is 0. The maximum Gasteiger partial charge on any atom is 0.147 e. The van der Waals surface area contributed by atoms with Crippen molar-refractivity contribution in [2.75, 3.05) is 33.7 Å². The molecule has 0 aliphatic heterocycles. The summed E-state index contributed by atoms with van der Waals surface area (Å²) in [5, 5.41) is 10.2. The maximum absolute atomic E-state index is 10.2. The molecule has 36 heavy (non-hydrogen) atoms. The molecule has 2 aliphatic carbocycles. The number of hydrogen-bond acceptors (Lipinski definition) is 5. The molecule has 1 N–H and O–H groups in total. The summed E-state index contributed by atoms with van der Waals surface area (Å²) in [6, 6.07) is 9.04. The molecule has 0 bridgehead atoms. The van der Waals surface area contributed by atoms with Gasteiger partial charge in [-0.2, -0.15) is 0 Å². The highest BCUT2D eigenvalue weighted by Crippen LogP contribution is 2.69. The predicted octanol–water partition coefficient (Wildman–Crippen LogP) is 6.46. The molecule has 2 fully saturated rings. The molecular formula is C30H48O5Si.